The van der Waals surface area contributed by atoms with Crippen LogP contribution in [0.15, 0.2) is 12.2 Å². The van der Waals surface area contributed by atoms with Crippen LogP contribution in [-0.2, 0) is 32.7 Å². The highest BCUT2D eigenvalue weighted by molar-refractivity contribution is 7.47. The maximum absolute atomic E-state index is 12.4. The Bertz CT molecular complexity index is 772. The summed E-state index contributed by atoms with van der Waals surface area (Å²) in [4.78, 5) is 34.5. The molecule has 0 aromatic heterocycles. The van der Waals surface area contributed by atoms with Crippen LogP contribution in [0, 0.1) is 0 Å². The van der Waals surface area contributed by atoms with Gasteiger partial charge in [-0.25, -0.2) is 4.57 Å². The lowest BCUT2D eigenvalue weighted by Crippen LogP contribution is -2.29. The van der Waals surface area contributed by atoms with E-state index in [4.69, 9.17) is 18.5 Å². The minimum Gasteiger partial charge on any atom is -0.462 e. The molecule has 272 valence electrons. The van der Waals surface area contributed by atoms with Gasteiger partial charge >= 0.3 is 19.8 Å². The van der Waals surface area contributed by atoms with Crippen molar-refractivity contribution in [2.75, 3.05) is 19.8 Å². The van der Waals surface area contributed by atoms with Crippen LogP contribution in [0.2, 0.25) is 0 Å². The maximum Gasteiger partial charge on any atom is 0.472 e. The number of carbonyl (C=O) groups is 2. The average Bonchev–Trinajstić information content (AvgIpc) is 3.03. The molecule has 2 unspecified atom stereocenters. The smallest absolute Gasteiger partial charge is 0.462 e. The third kappa shape index (κ3) is 32.7. The second kappa shape index (κ2) is 33.7. The molecule has 8 nitrogen and oxygen atoms in total. The number of phosphoric acid groups is 1. The van der Waals surface area contributed by atoms with E-state index in [0.29, 0.717) is 12.8 Å². The average molecular weight is 675 g/mol. The molecule has 0 saturated heterocycles. The Kier molecular flexibility index (Phi) is 32.8. The molecule has 0 aromatic rings. The van der Waals surface area contributed by atoms with Crippen LogP contribution >= 0.6 is 7.82 Å². The fraction of sp³-hybridized carbons (Fsp3) is 0.892. The fourth-order valence-corrected chi connectivity index (χ4v) is 6.03. The second-order valence-electron chi connectivity index (χ2n) is 12.6. The summed E-state index contributed by atoms with van der Waals surface area (Å²) in [6.45, 7) is 5.40. The van der Waals surface area contributed by atoms with E-state index in [1.165, 1.54) is 89.9 Å². The predicted octanol–water partition coefficient (Wildman–Crippen LogP) is 11.3. The van der Waals surface area contributed by atoms with E-state index in [0.717, 1.165) is 57.8 Å². The fourth-order valence-electron chi connectivity index (χ4n) is 5.28. The third-order valence-electron chi connectivity index (χ3n) is 8.05. The van der Waals surface area contributed by atoms with Gasteiger partial charge in [-0.1, -0.05) is 148 Å². The molecular weight excluding hydrogens is 603 g/mol. The van der Waals surface area contributed by atoms with Crippen LogP contribution in [0.4, 0.5) is 0 Å². The van der Waals surface area contributed by atoms with Crippen molar-refractivity contribution in [3.05, 3.63) is 12.2 Å². The number of rotatable bonds is 35. The summed E-state index contributed by atoms with van der Waals surface area (Å²) >= 11 is 0. The Labute approximate surface area is 282 Å². The Morgan fingerprint density at radius 1 is 0.565 bits per heavy atom. The quantitative estimate of drug-likeness (QED) is 0.0306. The Hall–Kier alpha value is -1.21. The Morgan fingerprint density at radius 3 is 1.52 bits per heavy atom. The van der Waals surface area contributed by atoms with Crippen molar-refractivity contribution in [3.63, 3.8) is 0 Å². The highest BCUT2D eigenvalue weighted by Gasteiger charge is 2.25. The van der Waals surface area contributed by atoms with Gasteiger partial charge in [0.05, 0.1) is 13.2 Å². The molecule has 0 aliphatic heterocycles. The molecule has 0 saturated carbocycles. The zero-order valence-corrected chi connectivity index (χ0v) is 30.9. The number of esters is 2. The van der Waals surface area contributed by atoms with E-state index in [9.17, 15) is 19.0 Å². The van der Waals surface area contributed by atoms with Crippen LogP contribution in [-0.4, -0.2) is 42.8 Å². The molecule has 0 aliphatic carbocycles. The number of ether oxygens (including phenoxy) is 2. The number of allylic oxidation sites excluding steroid dienone is 2. The first-order valence-corrected chi connectivity index (χ1v) is 20.5. The van der Waals surface area contributed by atoms with Crippen molar-refractivity contribution < 1.29 is 37.6 Å². The first-order chi connectivity index (χ1) is 22.3. The van der Waals surface area contributed by atoms with Crippen LogP contribution in [0.25, 0.3) is 0 Å². The lowest BCUT2D eigenvalue weighted by molar-refractivity contribution is -0.161. The molecule has 0 rings (SSSR count). The number of unbranched alkanes of at least 4 members (excludes halogenated alkanes) is 21. The van der Waals surface area contributed by atoms with Gasteiger partial charge in [-0.05, 0) is 39.0 Å². The molecule has 0 bridgehead atoms. The molecule has 46 heavy (non-hydrogen) atoms. The topological polar surface area (TPSA) is 108 Å². The van der Waals surface area contributed by atoms with Crippen molar-refractivity contribution >= 4 is 19.8 Å². The van der Waals surface area contributed by atoms with Crippen molar-refractivity contribution in [2.24, 2.45) is 0 Å². The number of hydrogen-bond donors (Lipinski definition) is 1. The standard InChI is InChI=1S/C37H71O8P/c1-4-7-9-11-13-15-17-18-19-20-21-22-24-25-27-29-31-36(38)42-33-35(34-44-46(40,41)43-6-3)45-37(39)32-30-28-26-23-16-14-12-10-8-5-2/h10,12,35H,4-9,11,13-34H2,1-3H3,(H,40,41)/b12-10-. The number of carbonyl (C=O) groups excluding carboxylic acids is 2. The summed E-state index contributed by atoms with van der Waals surface area (Å²) in [5.74, 6) is -0.804. The van der Waals surface area contributed by atoms with E-state index < -0.39 is 26.5 Å². The van der Waals surface area contributed by atoms with Gasteiger partial charge in [-0.2, -0.15) is 0 Å². The Morgan fingerprint density at radius 2 is 1.02 bits per heavy atom. The number of phosphoric ester groups is 1. The normalized spacial score (nSPS) is 13.6. The molecule has 0 aromatic carbocycles. The van der Waals surface area contributed by atoms with Gasteiger partial charge in [0.2, 0.25) is 0 Å². The molecule has 0 radical (unpaired) electrons. The lowest BCUT2D eigenvalue weighted by Gasteiger charge is -2.19. The molecule has 2 atom stereocenters. The van der Waals surface area contributed by atoms with Gasteiger partial charge in [0.1, 0.15) is 6.61 Å². The summed E-state index contributed by atoms with van der Waals surface area (Å²) in [6, 6.07) is 0. The van der Waals surface area contributed by atoms with Crippen molar-refractivity contribution in [1.29, 1.82) is 0 Å². The van der Waals surface area contributed by atoms with Crippen LogP contribution in [0.5, 0.6) is 0 Å². The van der Waals surface area contributed by atoms with E-state index in [1.807, 2.05) is 0 Å². The van der Waals surface area contributed by atoms with Gasteiger partial charge in [0.15, 0.2) is 6.10 Å². The highest BCUT2D eigenvalue weighted by Crippen LogP contribution is 2.43. The van der Waals surface area contributed by atoms with Gasteiger partial charge < -0.3 is 14.4 Å². The summed E-state index contributed by atoms with van der Waals surface area (Å²) in [5.41, 5.74) is 0. The lowest BCUT2D eigenvalue weighted by atomic mass is 10.0. The monoisotopic (exact) mass is 674 g/mol. The highest BCUT2D eigenvalue weighted by atomic mass is 31.2. The molecule has 0 spiro atoms. The minimum absolute atomic E-state index is 0.00154. The zero-order chi connectivity index (χ0) is 34.0. The summed E-state index contributed by atoms with van der Waals surface area (Å²) in [6.07, 6.45) is 32.7. The Balaban J connectivity index is 4.08. The molecular formula is C37H71O8P. The van der Waals surface area contributed by atoms with Gasteiger partial charge in [-0.15, -0.1) is 0 Å². The molecule has 0 fully saturated rings. The van der Waals surface area contributed by atoms with E-state index >= 15 is 0 Å². The van der Waals surface area contributed by atoms with E-state index in [-0.39, 0.29) is 25.6 Å². The summed E-state index contributed by atoms with van der Waals surface area (Å²) < 4.78 is 32.5. The molecule has 1 N–H and O–H groups in total. The third-order valence-corrected chi connectivity index (χ3v) is 9.11. The predicted molar refractivity (Wildman–Crippen MR) is 189 cm³/mol. The van der Waals surface area contributed by atoms with Crippen LogP contribution < -0.4 is 0 Å². The van der Waals surface area contributed by atoms with E-state index in [1.54, 1.807) is 6.92 Å². The van der Waals surface area contributed by atoms with Crippen LogP contribution in [0.3, 0.4) is 0 Å². The molecule has 9 heteroatoms. The second-order valence-corrected chi connectivity index (χ2v) is 14.1. The molecule has 0 aliphatic rings. The SMILES string of the molecule is CCC/C=C\CCCCCCCC(=O)OC(COC(=O)CCCCCCCCCCCCCCCCCC)COP(=O)(O)OCC. The van der Waals surface area contributed by atoms with Gasteiger partial charge in [0.25, 0.3) is 0 Å². The van der Waals surface area contributed by atoms with Crippen molar-refractivity contribution in [2.45, 2.75) is 194 Å². The van der Waals surface area contributed by atoms with Crippen molar-refractivity contribution in [3.8, 4) is 0 Å². The maximum atomic E-state index is 12.4. The largest absolute Gasteiger partial charge is 0.472 e. The van der Waals surface area contributed by atoms with E-state index in [2.05, 4.69) is 26.0 Å². The number of hydrogen-bond acceptors (Lipinski definition) is 7. The first kappa shape index (κ1) is 44.8. The zero-order valence-electron chi connectivity index (χ0n) is 30.0. The van der Waals surface area contributed by atoms with Gasteiger partial charge in [-0.3, -0.25) is 18.6 Å². The van der Waals surface area contributed by atoms with Crippen LogP contribution in [0.1, 0.15) is 188 Å². The first-order valence-electron chi connectivity index (χ1n) is 19.0. The summed E-state index contributed by atoms with van der Waals surface area (Å²) in [7, 11) is -4.27. The molecule has 0 amide bonds. The van der Waals surface area contributed by atoms with Gasteiger partial charge in [0, 0.05) is 12.8 Å². The molecule has 0 heterocycles. The minimum atomic E-state index is -4.27. The summed E-state index contributed by atoms with van der Waals surface area (Å²) in [5, 5.41) is 0. The van der Waals surface area contributed by atoms with Crippen molar-refractivity contribution in [1.82, 2.24) is 0 Å².